The van der Waals surface area contributed by atoms with Gasteiger partial charge in [0.2, 0.25) is 5.72 Å². The third kappa shape index (κ3) is 5.05. The number of aliphatic hydroxyl groups is 1. The predicted molar refractivity (Wildman–Crippen MR) is 117 cm³/mol. The molecule has 1 atom stereocenters. The monoisotopic (exact) mass is 520 g/mol. The Balaban J connectivity index is 1.89. The van der Waals surface area contributed by atoms with Gasteiger partial charge >= 0.3 is 18.6 Å². The summed E-state index contributed by atoms with van der Waals surface area (Å²) in [6.45, 7) is 0. The molecule has 1 unspecified atom stereocenters. The van der Waals surface area contributed by atoms with E-state index in [1.165, 1.54) is 30.3 Å². The summed E-state index contributed by atoms with van der Waals surface area (Å²) in [5.41, 5.74) is -2.13. The van der Waals surface area contributed by atoms with Crippen LogP contribution in [0.1, 0.15) is 22.3 Å². The normalized spacial score (nSPS) is 18.1. The van der Waals surface area contributed by atoms with Crippen LogP contribution in [0.3, 0.4) is 0 Å². The minimum atomic E-state index is -4.98. The number of hydrogen-bond donors (Lipinski definition) is 2. The molecule has 190 valence electrons. The number of rotatable bonds is 4. The minimum Gasteiger partial charge on any atom is -0.406 e. The van der Waals surface area contributed by atoms with Crippen molar-refractivity contribution in [2.45, 2.75) is 18.3 Å². The second kappa shape index (κ2) is 9.14. The molecule has 3 aromatic rings. The summed E-state index contributed by atoms with van der Waals surface area (Å²) in [5, 5.41) is 25.0. The summed E-state index contributed by atoms with van der Waals surface area (Å²) in [6.07, 6.45) is -9.70. The average molecular weight is 520 g/mol. The fourth-order valence-corrected chi connectivity index (χ4v) is 3.74. The molecule has 0 saturated carbocycles. The minimum absolute atomic E-state index is 0.0619. The number of nitriles is 1. The largest absolute Gasteiger partial charge is 0.573 e. The first-order valence-corrected chi connectivity index (χ1v) is 10.3. The van der Waals surface area contributed by atoms with Gasteiger partial charge in [0, 0.05) is 16.8 Å². The number of carbonyl (C=O) groups is 1. The summed E-state index contributed by atoms with van der Waals surface area (Å²) in [4.78, 5) is 13.6. The molecular weight excluding hydrogens is 506 g/mol. The lowest BCUT2D eigenvalue weighted by molar-refractivity contribution is -0.274. The van der Waals surface area contributed by atoms with E-state index in [9.17, 15) is 36.2 Å². The quantitative estimate of drug-likeness (QED) is 0.459. The summed E-state index contributed by atoms with van der Waals surface area (Å²) in [7, 11) is 0. The Morgan fingerprint density at radius 3 is 2.19 bits per heavy atom. The molecule has 0 saturated heterocycles. The average Bonchev–Trinajstić information content (AvgIpc) is 2.84. The first kappa shape index (κ1) is 25.5. The van der Waals surface area contributed by atoms with Crippen LogP contribution in [-0.2, 0) is 11.9 Å². The number of alkyl halides is 6. The molecule has 2 N–H and O–H groups in total. The predicted octanol–water partition coefficient (Wildman–Crippen LogP) is 5.25. The van der Waals surface area contributed by atoms with E-state index in [1.807, 2.05) is 6.07 Å². The Hall–Kier alpha value is -4.57. The molecular formula is C24H14F6N4O3. The summed E-state index contributed by atoms with van der Waals surface area (Å²) in [5.74, 6) is -0.609. The van der Waals surface area contributed by atoms with Crippen LogP contribution in [0.4, 0.5) is 36.8 Å². The summed E-state index contributed by atoms with van der Waals surface area (Å²) in [6, 6.07) is 13.7. The number of ether oxygens (including phenoxy) is 1. The number of anilines is 1. The Labute approximate surface area is 204 Å². The zero-order valence-corrected chi connectivity index (χ0v) is 18.3. The number of hydrazone groups is 1. The Bertz CT molecular complexity index is 1400. The van der Waals surface area contributed by atoms with E-state index in [1.54, 1.807) is 0 Å². The van der Waals surface area contributed by atoms with Crippen LogP contribution in [0.2, 0.25) is 0 Å². The van der Waals surface area contributed by atoms with Gasteiger partial charge in [0.25, 0.3) is 0 Å². The lowest BCUT2D eigenvalue weighted by Crippen LogP contribution is -2.61. The molecule has 37 heavy (non-hydrogen) atoms. The summed E-state index contributed by atoms with van der Waals surface area (Å²) < 4.78 is 81.7. The Morgan fingerprint density at radius 1 is 0.973 bits per heavy atom. The van der Waals surface area contributed by atoms with Crippen molar-refractivity contribution in [2.75, 3.05) is 4.90 Å². The molecule has 7 nitrogen and oxygen atoms in total. The van der Waals surface area contributed by atoms with Crippen molar-refractivity contribution in [1.82, 2.24) is 5.43 Å². The van der Waals surface area contributed by atoms with E-state index in [2.05, 4.69) is 15.3 Å². The number of urea groups is 1. The number of carbonyl (C=O) groups excluding carboxylic acids is 1. The highest BCUT2D eigenvalue weighted by atomic mass is 19.4. The number of nitrogens with zero attached hydrogens (tertiary/aromatic N) is 3. The molecule has 1 aliphatic rings. The Morgan fingerprint density at radius 2 is 1.62 bits per heavy atom. The van der Waals surface area contributed by atoms with Gasteiger partial charge < -0.3 is 9.84 Å². The van der Waals surface area contributed by atoms with Gasteiger partial charge in [0.15, 0.2) is 0 Å². The first-order valence-electron chi connectivity index (χ1n) is 10.3. The maximum atomic E-state index is 13.4. The molecule has 0 fully saturated rings. The molecule has 2 amide bonds. The third-order valence-electron chi connectivity index (χ3n) is 5.33. The highest BCUT2D eigenvalue weighted by molar-refractivity contribution is 6.15. The van der Waals surface area contributed by atoms with E-state index in [0.29, 0.717) is 4.90 Å². The number of hydrogen-bond acceptors (Lipinski definition) is 5. The number of halogens is 6. The highest BCUT2D eigenvalue weighted by Gasteiger charge is 2.49. The molecule has 0 aromatic heterocycles. The second-order valence-electron chi connectivity index (χ2n) is 7.69. The molecule has 0 radical (unpaired) electrons. The van der Waals surface area contributed by atoms with Crippen molar-refractivity contribution >= 4 is 17.4 Å². The lowest BCUT2D eigenvalue weighted by atomic mass is 9.89. The van der Waals surface area contributed by atoms with Gasteiger partial charge in [-0.1, -0.05) is 24.3 Å². The molecule has 3 aromatic carbocycles. The van der Waals surface area contributed by atoms with Crippen molar-refractivity contribution in [3.8, 4) is 11.8 Å². The van der Waals surface area contributed by atoms with Gasteiger partial charge in [0.05, 0.1) is 17.2 Å². The van der Waals surface area contributed by atoms with Gasteiger partial charge in [-0.25, -0.2) is 10.2 Å². The Kier molecular flexibility index (Phi) is 6.30. The maximum Gasteiger partial charge on any atom is 0.573 e. The van der Waals surface area contributed by atoms with E-state index in [-0.39, 0.29) is 22.4 Å². The second-order valence-corrected chi connectivity index (χ2v) is 7.69. The van der Waals surface area contributed by atoms with Gasteiger partial charge in [-0.15, -0.1) is 13.2 Å². The van der Waals surface area contributed by atoms with E-state index >= 15 is 0 Å². The topological polar surface area (TPSA) is 97.9 Å². The van der Waals surface area contributed by atoms with E-state index < -0.39 is 41.3 Å². The number of amides is 2. The third-order valence-corrected chi connectivity index (χ3v) is 5.33. The standard InChI is InChI=1S/C24H14F6N4O3/c25-23(26,27)17-3-1-2-15(12-17)20-22(36,16-6-4-14(13-31)5-7-16)34(21(35)33-32-20)18-8-10-19(11-9-18)37-24(28,29)30/h1-12,36H,(H,33,35). The molecule has 0 spiro atoms. The first-order chi connectivity index (χ1) is 17.3. The van der Waals surface area contributed by atoms with Crippen LogP contribution < -0.4 is 15.1 Å². The van der Waals surface area contributed by atoms with Gasteiger partial charge in [-0.05, 0) is 48.5 Å². The highest BCUT2D eigenvalue weighted by Crippen LogP contribution is 2.39. The molecule has 4 rings (SSSR count). The molecule has 1 aliphatic heterocycles. The fraction of sp³-hybridized carbons (Fsp3) is 0.125. The van der Waals surface area contributed by atoms with Crippen LogP contribution >= 0.6 is 0 Å². The van der Waals surface area contributed by atoms with Crippen LogP contribution in [-0.4, -0.2) is 23.2 Å². The fourth-order valence-electron chi connectivity index (χ4n) is 3.74. The zero-order valence-electron chi connectivity index (χ0n) is 18.3. The van der Waals surface area contributed by atoms with Crippen LogP contribution in [0.25, 0.3) is 0 Å². The molecule has 1 heterocycles. The SMILES string of the molecule is N#Cc1ccc(C2(O)C(c3cccc(C(F)(F)F)c3)=NNC(=O)N2c2ccc(OC(F)(F)F)cc2)cc1. The van der Waals surface area contributed by atoms with Crippen molar-refractivity contribution in [2.24, 2.45) is 5.10 Å². The number of nitrogens with one attached hydrogen (secondary N) is 1. The molecule has 0 aliphatic carbocycles. The van der Waals surface area contributed by atoms with Crippen molar-refractivity contribution in [1.29, 1.82) is 5.26 Å². The van der Waals surface area contributed by atoms with Crippen molar-refractivity contribution in [3.63, 3.8) is 0 Å². The van der Waals surface area contributed by atoms with Gasteiger partial charge in [-0.3, -0.25) is 4.90 Å². The van der Waals surface area contributed by atoms with Gasteiger partial charge in [-0.2, -0.15) is 23.5 Å². The van der Waals surface area contributed by atoms with E-state index in [0.717, 1.165) is 42.5 Å². The molecule has 0 bridgehead atoms. The van der Waals surface area contributed by atoms with Crippen LogP contribution in [0.5, 0.6) is 5.75 Å². The van der Waals surface area contributed by atoms with Crippen molar-refractivity contribution < 1.29 is 41.0 Å². The van der Waals surface area contributed by atoms with Crippen molar-refractivity contribution in [3.05, 3.63) is 95.1 Å². The molecule has 13 heteroatoms. The van der Waals surface area contributed by atoms with Crippen LogP contribution in [0, 0.1) is 11.3 Å². The smallest absolute Gasteiger partial charge is 0.406 e. The van der Waals surface area contributed by atoms with E-state index in [4.69, 9.17) is 5.26 Å². The van der Waals surface area contributed by atoms with Crippen LogP contribution in [0.15, 0.2) is 77.9 Å². The summed E-state index contributed by atoms with van der Waals surface area (Å²) >= 11 is 0. The van der Waals surface area contributed by atoms with Gasteiger partial charge in [0.1, 0.15) is 11.5 Å². The zero-order chi connectivity index (χ0) is 27.0. The maximum absolute atomic E-state index is 13.4. The number of benzene rings is 3. The lowest BCUT2D eigenvalue weighted by Gasteiger charge is -2.43.